The lowest BCUT2D eigenvalue weighted by molar-refractivity contribution is -0.0491. The number of nitrogens with one attached hydrogen (secondary N) is 1. The van der Waals surface area contributed by atoms with Crippen molar-refractivity contribution >= 4 is 5.91 Å². The summed E-state index contributed by atoms with van der Waals surface area (Å²) in [6.45, 7) is 2.96. The average Bonchev–Trinajstić information content (AvgIpc) is 3.15. The molecule has 0 bridgehead atoms. The van der Waals surface area contributed by atoms with E-state index in [1.165, 1.54) is 51.6 Å². The van der Waals surface area contributed by atoms with Crippen LogP contribution in [0.5, 0.6) is 0 Å². The molecule has 3 aliphatic rings. The number of likely N-dealkylation sites (tertiary alicyclic amines) is 1. The molecular formula is C22H29N5O. The van der Waals surface area contributed by atoms with Crippen LogP contribution in [0.25, 0.3) is 0 Å². The fourth-order valence-corrected chi connectivity index (χ4v) is 5.17. The zero-order valence-electron chi connectivity index (χ0n) is 16.4. The van der Waals surface area contributed by atoms with Crippen LogP contribution in [-0.4, -0.2) is 44.9 Å². The second-order valence-corrected chi connectivity index (χ2v) is 8.79. The first-order valence-electron chi connectivity index (χ1n) is 10.7. The van der Waals surface area contributed by atoms with E-state index in [1.807, 2.05) is 41.2 Å². The molecule has 1 aromatic heterocycles. The summed E-state index contributed by atoms with van der Waals surface area (Å²) in [5.41, 5.74) is 1.87. The van der Waals surface area contributed by atoms with Crippen LogP contribution >= 0.6 is 0 Å². The van der Waals surface area contributed by atoms with Crippen LogP contribution in [-0.2, 0) is 6.54 Å². The van der Waals surface area contributed by atoms with Crippen molar-refractivity contribution in [3.8, 4) is 0 Å². The topological polar surface area (TPSA) is 63.1 Å². The molecule has 1 aliphatic heterocycles. The van der Waals surface area contributed by atoms with E-state index in [-0.39, 0.29) is 5.91 Å². The number of rotatable bonds is 5. The largest absolute Gasteiger partial charge is 0.347 e. The van der Waals surface area contributed by atoms with Gasteiger partial charge in [0.25, 0.3) is 5.91 Å². The maximum absolute atomic E-state index is 12.5. The SMILES string of the molecule is O=C(NCc1ccccc1)c1cn(C2CCC23CCN(C2CCC2)CC3)nn1. The van der Waals surface area contributed by atoms with Crippen molar-refractivity contribution in [2.24, 2.45) is 5.41 Å². The van der Waals surface area contributed by atoms with Gasteiger partial charge in [-0.1, -0.05) is 42.0 Å². The van der Waals surface area contributed by atoms with Crippen LogP contribution in [0.15, 0.2) is 36.5 Å². The van der Waals surface area contributed by atoms with Crippen LogP contribution < -0.4 is 5.32 Å². The van der Waals surface area contributed by atoms with Crippen molar-refractivity contribution in [3.63, 3.8) is 0 Å². The Morgan fingerprint density at radius 1 is 1.11 bits per heavy atom. The number of amides is 1. The molecule has 6 heteroatoms. The molecule has 1 spiro atoms. The molecular weight excluding hydrogens is 350 g/mol. The van der Waals surface area contributed by atoms with Crippen LogP contribution in [0, 0.1) is 5.41 Å². The fourth-order valence-electron chi connectivity index (χ4n) is 5.17. The Morgan fingerprint density at radius 2 is 1.89 bits per heavy atom. The summed E-state index contributed by atoms with van der Waals surface area (Å²) in [6, 6.07) is 11.2. The lowest BCUT2D eigenvalue weighted by atomic mass is 9.59. The summed E-state index contributed by atoms with van der Waals surface area (Å²) in [5.74, 6) is -0.150. The summed E-state index contributed by atoms with van der Waals surface area (Å²) in [4.78, 5) is 15.2. The minimum absolute atomic E-state index is 0.150. The monoisotopic (exact) mass is 379 g/mol. The highest BCUT2D eigenvalue weighted by atomic mass is 16.2. The van der Waals surface area contributed by atoms with Gasteiger partial charge in [0.2, 0.25) is 0 Å². The van der Waals surface area contributed by atoms with Gasteiger partial charge in [0, 0.05) is 12.6 Å². The van der Waals surface area contributed by atoms with E-state index in [1.54, 1.807) is 0 Å². The van der Waals surface area contributed by atoms with Crippen LogP contribution in [0.4, 0.5) is 0 Å². The molecule has 6 nitrogen and oxygen atoms in total. The number of benzene rings is 1. The number of aromatic nitrogens is 3. The van der Waals surface area contributed by atoms with Crippen molar-refractivity contribution in [2.75, 3.05) is 13.1 Å². The predicted octanol–water partition coefficient (Wildman–Crippen LogP) is 3.18. The first-order chi connectivity index (χ1) is 13.7. The second kappa shape index (κ2) is 7.32. The van der Waals surface area contributed by atoms with Crippen molar-refractivity contribution in [1.82, 2.24) is 25.2 Å². The number of piperidine rings is 1. The maximum atomic E-state index is 12.5. The molecule has 1 unspecified atom stereocenters. The summed E-state index contributed by atoms with van der Waals surface area (Å²) >= 11 is 0. The zero-order valence-corrected chi connectivity index (χ0v) is 16.4. The van der Waals surface area contributed by atoms with Gasteiger partial charge in [-0.3, -0.25) is 4.79 Å². The van der Waals surface area contributed by atoms with Gasteiger partial charge >= 0.3 is 0 Å². The van der Waals surface area contributed by atoms with E-state index in [9.17, 15) is 4.79 Å². The molecule has 1 atom stereocenters. The zero-order chi connectivity index (χ0) is 19.0. The summed E-state index contributed by atoms with van der Waals surface area (Å²) in [5, 5.41) is 11.4. The smallest absolute Gasteiger partial charge is 0.273 e. The molecule has 5 rings (SSSR count). The first kappa shape index (κ1) is 17.9. The van der Waals surface area contributed by atoms with Crippen LogP contribution in [0.3, 0.4) is 0 Å². The van der Waals surface area contributed by atoms with Gasteiger partial charge in [0.1, 0.15) is 0 Å². The Labute approximate surface area is 166 Å². The first-order valence-corrected chi connectivity index (χ1v) is 10.7. The summed E-state index contributed by atoms with van der Waals surface area (Å²) < 4.78 is 1.97. The van der Waals surface area contributed by atoms with Crippen LogP contribution in [0.1, 0.15) is 67.0 Å². The Morgan fingerprint density at radius 3 is 2.54 bits per heavy atom. The van der Waals surface area contributed by atoms with Gasteiger partial charge in [-0.15, -0.1) is 5.10 Å². The van der Waals surface area contributed by atoms with E-state index in [0.29, 0.717) is 23.7 Å². The van der Waals surface area contributed by atoms with E-state index in [4.69, 9.17) is 0 Å². The lowest BCUT2D eigenvalue weighted by Gasteiger charge is -2.55. The van der Waals surface area contributed by atoms with Gasteiger partial charge in [-0.05, 0) is 62.6 Å². The third-order valence-electron chi connectivity index (χ3n) is 7.37. The fraction of sp³-hybridized carbons (Fsp3) is 0.591. The molecule has 2 aromatic rings. The summed E-state index contributed by atoms with van der Waals surface area (Å²) in [7, 11) is 0. The molecule has 3 fully saturated rings. The Kier molecular flexibility index (Phi) is 4.67. The number of nitrogens with zero attached hydrogens (tertiary/aromatic N) is 4. The molecule has 1 amide bonds. The average molecular weight is 380 g/mol. The van der Waals surface area contributed by atoms with E-state index in [2.05, 4.69) is 20.5 Å². The van der Waals surface area contributed by atoms with Gasteiger partial charge in [0.15, 0.2) is 5.69 Å². The Bertz CT molecular complexity index is 820. The quantitative estimate of drug-likeness (QED) is 0.867. The molecule has 148 valence electrons. The lowest BCUT2D eigenvalue weighted by Crippen LogP contribution is -2.53. The number of carbonyl (C=O) groups is 1. The van der Waals surface area contributed by atoms with Crippen molar-refractivity contribution < 1.29 is 4.79 Å². The van der Waals surface area contributed by atoms with Gasteiger partial charge in [0.05, 0.1) is 12.2 Å². The predicted molar refractivity (Wildman–Crippen MR) is 107 cm³/mol. The molecule has 2 aliphatic carbocycles. The Balaban J connectivity index is 1.19. The molecule has 1 saturated heterocycles. The molecule has 0 radical (unpaired) electrons. The van der Waals surface area contributed by atoms with E-state index < -0.39 is 0 Å². The molecule has 1 aromatic carbocycles. The minimum atomic E-state index is -0.150. The standard InChI is InChI=1S/C22H29N5O/c28-21(23-15-17-5-2-1-3-6-17)19-16-27(25-24-19)20-9-10-22(20)11-13-26(14-12-22)18-7-4-8-18/h1-3,5-6,16,18,20H,4,7-15H2,(H,23,28). The molecule has 2 heterocycles. The van der Waals surface area contributed by atoms with Crippen LogP contribution in [0.2, 0.25) is 0 Å². The van der Waals surface area contributed by atoms with Crippen molar-refractivity contribution in [3.05, 3.63) is 47.8 Å². The highest BCUT2D eigenvalue weighted by Crippen LogP contribution is 2.56. The van der Waals surface area contributed by atoms with E-state index in [0.717, 1.165) is 18.0 Å². The highest BCUT2D eigenvalue weighted by molar-refractivity contribution is 5.91. The van der Waals surface area contributed by atoms with E-state index >= 15 is 0 Å². The second-order valence-electron chi connectivity index (χ2n) is 8.79. The normalized spacial score (nSPS) is 24.5. The maximum Gasteiger partial charge on any atom is 0.273 e. The number of carbonyl (C=O) groups excluding carboxylic acids is 1. The highest BCUT2D eigenvalue weighted by Gasteiger charge is 2.50. The summed E-state index contributed by atoms with van der Waals surface area (Å²) in [6.07, 6.45) is 11.0. The van der Waals surface area contributed by atoms with Crippen molar-refractivity contribution in [2.45, 2.75) is 63.6 Å². The Hall–Kier alpha value is -2.21. The van der Waals surface area contributed by atoms with Gasteiger partial charge in [-0.2, -0.15) is 0 Å². The van der Waals surface area contributed by atoms with Crippen molar-refractivity contribution in [1.29, 1.82) is 0 Å². The number of hydrogen-bond donors (Lipinski definition) is 1. The minimum Gasteiger partial charge on any atom is -0.347 e. The van der Waals surface area contributed by atoms with Gasteiger partial charge < -0.3 is 10.2 Å². The molecule has 1 N–H and O–H groups in total. The van der Waals surface area contributed by atoms with Gasteiger partial charge in [-0.25, -0.2) is 4.68 Å². The third kappa shape index (κ3) is 3.24. The molecule has 28 heavy (non-hydrogen) atoms. The number of hydrogen-bond acceptors (Lipinski definition) is 4. The molecule has 2 saturated carbocycles. The third-order valence-corrected chi connectivity index (χ3v) is 7.37.